The maximum Gasteiger partial charge on any atom is 0.238 e. The summed E-state index contributed by atoms with van der Waals surface area (Å²) in [6.45, 7) is 6.65. The summed E-state index contributed by atoms with van der Waals surface area (Å²) in [7, 11) is 0. The largest absolute Gasteiger partial charge is 0.369 e. The van der Waals surface area contributed by atoms with Crippen molar-refractivity contribution in [3.63, 3.8) is 0 Å². The van der Waals surface area contributed by atoms with Gasteiger partial charge >= 0.3 is 0 Å². The SMILES string of the molecule is C[C@@H](NCC(=O)Nc1ccc(N2CCN(Cc3ccccc3)CC2)cc1)c1ccc(F)cc1F. The molecule has 4 rings (SSSR count). The number of hydrogen-bond donors (Lipinski definition) is 2. The molecule has 2 N–H and O–H groups in total. The van der Waals surface area contributed by atoms with Crippen LogP contribution in [-0.2, 0) is 11.3 Å². The van der Waals surface area contributed by atoms with Gasteiger partial charge in [0.1, 0.15) is 11.6 Å². The quantitative estimate of drug-likeness (QED) is 0.513. The summed E-state index contributed by atoms with van der Waals surface area (Å²) in [6, 6.07) is 21.4. The van der Waals surface area contributed by atoms with Crippen LogP contribution in [0, 0.1) is 11.6 Å². The Bertz CT molecular complexity index is 1080. The molecule has 178 valence electrons. The molecule has 3 aromatic rings. The summed E-state index contributed by atoms with van der Waals surface area (Å²) < 4.78 is 27.0. The van der Waals surface area contributed by atoms with Gasteiger partial charge in [-0.3, -0.25) is 9.69 Å². The van der Waals surface area contributed by atoms with E-state index < -0.39 is 17.7 Å². The Morgan fingerprint density at radius 2 is 1.65 bits per heavy atom. The number of piperazine rings is 1. The zero-order valence-corrected chi connectivity index (χ0v) is 19.3. The zero-order valence-electron chi connectivity index (χ0n) is 19.3. The van der Waals surface area contributed by atoms with Crippen LogP contribution in [0.25, 0.3) is 0 Å². The van der Waals surface area contributed by atoms with Gasteiger partial charge in [0, 0.05) is 61.8 Å². The highest BCUT2D eigenvalue weighted by molar-refractivity contribution is 5.92. The molecule has 1 amide bonds. The molecular weight excluding hydrogens is 434 g/mol. The number of nitrogens with one attached hydrogen (secondary N) is 2. The smallest absolute Gasteiger partial charge is 0.238 e. The van der Waals surface area contributed by atoms with Crippen LogP contribution in [0.4, 0.5) is 20.2 Å². The van der Waals surface area contributed by atoms with Gasteiger partial charge in [0.25, 0.3) is 0 Å². The Morgan fingerprint density at radius 1 is 0.941 bits per heavy atom. The van der Waals surface area contributed by atoms with Gasteiger partial charge in [-0.25, -0.2) is 8.78 Å². The third-order valence-electron chi connectivity index (χ3n) is 6.14. The van der Waals surface area contributed by atoms with Gasteiger partial charge < -0.3 is 15.5 Å². The fraction of sp³-hybridized carbons (Fsp3) is 0.296. The lowest BCUT2D eigenvalue weighted by molar-refractivity contribution is -0.115. The number of carbonyl (C=O) groups is 1. The summed E-state index contributed by atoms with van der Waals surface area (Å²) in [5, 5.41) is 5.83. The van der Waals surface area contributed by atoms with Gasteiger partial charge in [0.2, 0.25) is 5.91 Å². The van der Waals surface area contributed by atoms with E-state index in [-0.39, 0.29) is 12.5 Å². The molecular formula is C27H30F2N4O. The molecule has 0 aromatic heterocycles. The van der Waals surface area contributed by atoms with Gasteiger partial charge in [0.15, 0.2) is 0 Å². The van der Waals surface area contributed by atoms with Crippen molar-refractivity contribution in [2.24, 2.45) is 0 Å². The highest BCUT2D eigenvalue weighted by Crippen LogP contribution is 2.21. The van der Waals surface area contributed by atoms with E-state index in [9.17, 15) is 13.6 Å². The van der Waals surface area contributed by atoms with E-state index in [0.29, 0.717) is 11.3 Å². The normalized spacial score (nSPS) is 15.2. The first-order valence-corrected chi connectivity index (χ1v) is 11.6. The number of benzene rings is 3. The molecule has 0 aliphatic carbocycles. The molecule has 1 aliphatic rings. The van der Waals surface area contributed by atoms with E-state index in [0.717, 1.165) is 44.5 Å². The van der Waals surface area contributed by atoms with Crippen molar-refractivity contribution in [3.8, 4) is 0 Å². The molecule has 0 unspecified atom stereocenters. The van der Waals surface area contributed by atoms with E-state index in [2.05, 4.69) is 44.7 Å². The summed E-state index contributed by atoms with van der Waals surface area (Å²) in [5.74, 6) is -1.47. The molecule has 7 heteroatoms. The maximum atomic E-state index is 13.9. The molecule has 1 aliphatic heterocycles. The van der Waals surface area contributed by atoms with Gasteiger partial charge in [-0.15, -0.1) is 0 Å². The second-order valence-corrected chi connectivity index (χ2v) is 8.61. The van der Waals surface area contributed by atoms with Crippen molar-refractivity contribution in [3.05, 3.63) is 95.6 Å². The number of hydrogen-bond acceptors (Lipinski definition) is 4. The third-order valence-corrected chi connectivity index (χ3v) is 6.14. The molecule has 1 atom stereocenters. The van der Waals surface area contributed by atoms with E-state index >= 15 is 0 Å². The number of halogens is 2. The van der Waals surface area contributed by atoms with Crippen LogP contribution >= 0.6 is 0 Å². The maximum absolute atomic E-state index is 13.9. The van der Waals surface area contributed by atoms with Crippen LogP contribution in [0.15, 0.2) is 72.8 Å². The van der Waals surface area contributed by atoms with Gasteiger partial charge in [-0.05, 0) is 42.8 Å². The Morgan fingerprint density at radius 3 is 2.32 bits per heavy atom. The molecule has 0 bridgehead atoms. The summed E-state index contributed by atoms with van der Waals surface area (Å²) in [6.07, 6.45) is 0. The van der Waals surface area contributed by atoms with Crippen LogP contribution in [-0.4, -0.2) is 43.5 Å². The minimum Gasteiger partial charge on any atom is -0.369 e. The highest BCUT2D eigenvalue weighted by atomic mass is 19.1. The van der Waals surface area contributed by atoms with E-state index in [1.54, 1.807) is 6.92 Å². The minimum absolute atomic E-state index is 0.0170. The average Bonchev–Trinajstić information content (AvgIpc) is 2.84. The Balaban J connectivity index is 1.22. The number of rotatable bonds is 8. The molecule has 1 fully saturated rings. The zero-order chi connectivity index (χ0) is 23.9. The Hall–Kier alpha value is -3.29. The first kappa shape index (κ1) is 23.9. The fourth-order valence-corrected chi connectivity index (χ4v) is 4.17. The molecule has 1 heterocycles. The Labute approximate surface area is 199 Å². The second kappa shape index (κ2) is 11.2. The minimum atomic E-state index is -0.628. The summed E-state index contributed by atoms with van der Waals surface area (Å²) in [4.78, 5) is 17.1. The van der Waals surface area contributed by atoms with Crippen molar-refractivity contribution in [1.82, 2.24) is 10.2 Å². The number of carbonyl (C=O) groups excluding carboxylic acids is 1. The second-order valence-electron chi connectivity index (χ2n) is 8.61. The van der Waals surface area contributed by atoms with E-state index in [1.165, 1.54) is 17.7 Å². The number of nitrogens with zero attached hydrogens (tertiary/aromatic N) is 2. The molecule has 1 saturated heterocycles. The van der Waals surface area contributed by atoms with Crippen molar-refractivity contribution in [2.45, 2.75) is 19.5 Å². The van der Waals surface area contributed by atoms with Crippen molar-refractivity contribution >= 4 is 17.3 Å². The van der Waals surface area contributed by atoms with Crippen molar-refractivity contribution in [1.29, 1.82) is 0 Å². The predicted molar refractivity (Wildman–Crippen MR) is 132 cm³/mol. The predicted octanol–water partition coefficient (Wildman–Crippen LogP) is 4.58. The van der Waals surface area contributed by atoms with Gasteiger partial charge in [0.05, 0.1) is 6.54 Å². The standard InChI is InChI=1S/C27H30F2N4O/c1-20(25-12-7-22(28)17-26(25)29)30-18-27(34)31-23-8-10-24(11-9-23)33-15-13-32(14-16-33)19-21-5-3-2-4-6-21/h2-12,17,20,30H,13-16,18-19H2,1H3,(H,31,34)/t20-/m1/s1. The third kappa shape index (κ3) is 6.40. The van der Waals surface area contributed by atoms with Crippen LogP contribution in [0.3, 0.4) is 0 Å². The first-order valence-electron chi connectivity index (χ1n) is 11.6. The lowest BCUT2D eigenvalue weighted by Crippen LogP contribution is -2.45. The molecule has 5 nitrogen and oxygen atoms in total. The lowest BCUT2D eigenvalue weighted by atomic mass is 10.1. The molecule has 0 saturated carbocycles. The topological polar surface area (TPSA) is 47.6 Å². The highest BCUT2D eigenvalue weighted by Gasteiger charge is 2.17. The average molecular weight is 465 g/mol. The molecule has 3 aromatic carbocycles. The van der Waals surface area contributed by atoms with Crippen LogP contribution in [0.1, 0.15) is 24.1 Å². The van der Waals surface area contributed by atoms with Gasteiger partial charge in [-0.2, -0.15) is 0 Å². The monoisotopic (exact) mass is 464 g/mol. The van der Waals surface area contributed by atoms with Crippen molar-refractivity contribution in [2.75, 3.05) is 42.9 Å². The lowest BCUT2D eigenvalue weighted by Gasteiger charge is -2.36. The van der Waals surface area contributed by atoms with Crippen molar-refractivity contribution < 1.29 is 13.6 Å². The fourth-order valence-electron chi connectivity index (χ4n) is 4.17. The Kier molecular flexibility index (Phi) is 7.87. The summed E-state index contributed by atoms with van der Waals surface area (Å²) in [5.41, 5.74) is 3.50. The summed E-state index contributed by atoms with van der Waals surface area (Å²) >= 11 is 0. The number of anilines is 2. The van der Waals surface area contributed by atoms with E-state index in [1.807, 2.05) is 30.3 Å². The van der Waals surface area contributed by atoms with E-state index in [4.69, 9.17) is 0 Å². The molecule has 0 spiro atoms. The number of amides is 1. The molecule has 0 radical (unpaired) electrons. The molecule has 34 heavy (non-hydrogen) atoms. The van der Waals surface area contributed by atoms with Crippen LogP contribution < -0.4 is 15.5 Å². The van der Waals surface area contributed by atoms with Crippen LogP contribution in [0.2, 0.25) is 0 Å². The van der Waals surface area contributed by atoms with Crippen LogP contribution in [0.5, 0.6) is 0 Å². The van der Waals surface area contributed by atoms with Gasteiger partial charge in [-0.1, -0.05) is 36.4 Å². The first-order chi connectivity index (χ1) is 16.5.